The number of nitrogens with one attached hydrogen (secondary N) is 1. The molecule has 0 bridgehead atoms. The number of fused-ring (bicyclic) bond motifs is 1. The summed E-state index contributed by atoms with van der Waals surface area (Å²) in [5.74, 6) is 1.57. The van der Waals surface area contributed by atoms with Gasteiger partial charge in [0.1, 0.15) is 0 Å². The molecule has 19 heavy (non-hydrogen) atoms. The van der Waals surface area contributed by atoms with Crippen molar-refractivity contribution in [2.45, 2.75) is 19.8 Å². The number of piperidine rings is 1. The summed E-state index contributed by atoms with van der Waals surface area (Å²) in [6.07, 6.45) is 4.50. The lowest BCUT2D eigenvalue weighted by Crippen LogP contribution is -2.39. The molecule has 2 aromatic heterocycles. The third kappa shape index (κ3) is 2.56. The Morgan fingerprint density at radius 2 is 2.37 bits per heavy atom. The maximum atomic E-state index is 4.65. The van der Waals surface area contributed by atoms with Gasteiger partial charge in [-0.15, -0.1) is 5.10 Å². The average Bonchev–Trinajstić information content (AvgIpc) is 2.82. The molecule has 1 saturated heterocycles. The summed E-state index contributed by atoms with van der Waals surface area (Å²) >= 11 is 0. The van der Waals surface area contributed by atoms with Crippen molar-refractivity contribution >= 4 is 11.6 Å². The summed E-state index contributed by atoms with van der Waals surface area (Å²) in [5, 5.41) is 7.85. The molecule has 5 heteroatoms. The first-order chi connectivity index (χ1) is 9.26. The van der Waals surface area contributed by atoms with Crippen LogP contribution in [0.25, 0.3) is 5.65 Å². The van der Waals surface area contributed by atoms with E-state index in [1.165, 1.54) is 18.4 Å². The zero-order chi connectivity index (χ0) is 13.2. The van der Waals surface area contributed by atoms with Crippen LogP contribution in [0.1, 0.15) is 18.4 Å². The second kappa shape index (κ2) is 5.17. The molecule has 1 fully saturated rings. The Bertz CT molecular complexity index is 560. The Kier molecular flexibility index (Phi) is 3.38. The van der Waals surface area contributed by atoms with Crippen LogP contribution in [0.5, 0.6) is 0 Å². The zero-order valence-corrected chi connectivity index (χ0v) is 11.6. The highest BCUT2D eigenvalue weighted by molar-refractivity contribution is 5.46. The van der Waals surface area contributed by atoms with Crippen LogP contribution in [0.4, 0.5) is 5.95 Å². The molecule has 0 spiro atoms. The molecule has 1 N–H and O–H groups in total. The maximum absolute atomic E-state index is 4.65. The number of hydrogen-bond donors (Lipinski definition) is 1. The molecule has 0 saturated carbocycles. The van der Waals surface area contributed by atoms with Gasteiger partial charge in [0, 0.05) is 19.3 Å². The maximum Gasteiger partial charge on any atom is 0.245 e. The van der Waals surface area contributed by atoms with E-state index in [2.05, 4.69) is 39.4 Å². The van der Waals surface area contributed by atoms with Crippen LogP contribution in [0.15, 0.2) is 18.3 Å². The highest BCUT2D eigenvalue weighted by Gasteiger charge is 2.22. The summed E-state index contributed by atoms with van der Waals surface area (Å²) in [7, 11) is 2.02. The van der Waals surface area contributed by atoms with Crippen molar-refractivity contribution in [2.24, 2.45) is 5.92 Å². The van der Waals surface area contributed by atoms with Crippen LogP contribution in [-0.2, 0) is 0 Å². The van der Waals surface area contributed by atoms with E-state index in [-0.39, 0.29) is 0 Å². The lowest BCUT2D eigenvalue weighted by Gasteiger charge is -2.31. The molecule has 1 aliphatic rings. The van der Waals surface area contributed by atoms with Crippen molar-refractivity contribution in [3.63, 3.8) is 0 Å². The molecule has 3 heterocycles. The molecule has 2 aromatic rings. The Hall–Kier alpha value is -1.62. The van der Waals surface area contributed by atoms with E-state index in [0.717, 1.165) is 31.2 Å². The summed E-state index contributed by atoms with van der Waals surface area (Å²) in [5.41, 5.74) is 2.16. The number of pyridine rings is 1. The second-order valence-corrected chi connectivity index (χ2v) is 5.43. The number of aryl methyl sites for hydroxylation is 1. The van der Waals surface area contributed by atoms with Gasteiger partial charge in [0.2, 0.25) is 5.95 Å². The summed E-state index contributed by atoms with van der Waals surface area (Å²) in [6.45, 7) is 5.27. The van der Waals surface area contributed by atoms with Gasteiger partial charge in [-0.3, -0.25) is 0 Å². The van der Waals surface area contributed by atoms with E-state index in [0.29, 0.717) is 5.92 Å². The van der Waals surface area contributed by atoms with Crippen LogP contribution in [0, 0.1) is 12.8 Å². The Balaban J connectivity index is 1.83. The molecule has 0 aromatic carbocycles. The lowest BCUT2D eigenvalue weighted by atomic mass is 9.98. The molecule has 102 valence electrons. The molecule has 1 aliphatic heterocycles. The van der Waals surface area contributed by atoms with Gasteiger partial charge in [0.15, 0.2) is 5.65 Å². The fraction of sp³-hybridized carbons (Fsp3) is 0.571. The molecular weight excluding hydrogens is 238 g/mol. The fourth-order valence-corrected chi connectivity index (χ4v) is 2.81. The quantitative estimate of drug-likeness (QED) is 0.907. The van der Waals surface area contributed by atoms with Gasteiger partial charge in [-0.1, -0.05) is 0 Å². The molecule has 1 atom stereocenters. The van der Waals surface area contributed by atoms with Gasteiger partial charge < -0.3 is 10.2 Å². The number of nitrogens with zero attached hydrogens (tertiary/aromatic N) is 4. The summed E-state index contributed by atoms with van der Waals surface area (Å²) < 4.78 is 1.87. The molecule has 3 rings (SSSR count). The average molecular weight is 259 g/mol. The first-order valence-electron chi connectivity index (χ1n) is 6.99. The first-order valence-corrected chi connectivity index (χ1v) is 6.99. The number of hydrogen-bond acceptors (Lipinski definition) is 4. The minimum Gasteiger partial charge on any atom is -0.339 e. The van der Waals surface area contributed by atoms with Gasteiger partial charge in [-0.2, -0.15) is 4.98 Å². The van der Waals surface area contributed by atoms with E-state index < -0.39 is 0 Å². The van der Waals surface area contributed by atoms with Gasteiger partial charge in [0.05, 0.1) is 0 Å². The van der Waals surface area contributed by atoms with E-state index in [1.54, 1.807) is 0 Å². The molecule has 5 nitrogen and oxygen atoms in total. The molecule has 0 amide bonds. The number of rotatable bonds is 3. The standard InChI is InChI=1S/C14H21N5/c1-11-5-7-19-13(8-11)16-14(17-19)18-6-3-4-12(10-18)9-15-2/h5,7-8,12,15H,3-4,6,9-10H2,1-2H3. The summed E-state index contributed by atoms with van der Waals surface area (Å²) in [4.78, 5) is 6.96. The normalized spacial score (nSPS) is 20.1. The SMILES string of the molecule is CNCC1CCCN(c2nc3cc(C)ccn3n2)C1. The summed E-state index contributed by atoms with van der Waals surface area (Å²) in [6, 6.07) is 4.14. The van der Waals surface area contributed by atoms with E-state index in [4.69, 9.17) is 0 Å². The third-order valence-electron chi connectivity index (χ3n) is 3.78. The van der Waals surface area contributed by atoms with Gasteiger partial charge in [0.25, 0.3) is 0 Å². The lowest BCUT2D eigenvalue weighted by molar-refractivity contribution is 0.399. The van der Waals surface area contributed by atoms with E-state index >= 15 is 0 Å². The number of aromatic nitrogens is 3. The smallest absolute Gasteiger partial charge is 0.245 e. The third-order valence-corrected chi connectivity index (χ3v) is 3.78. The highest BCUT2D eigenvalue weighted by Crippen LogP contribution is 2.20. The van der Waals surface area contributed by atoms with Crippen LogP contribution >= 0.6 is 0 Å². The fourth-order valence-electron chi connectivity index (χ4n) is 2.81. The van der Waals surface area contributed by atoms with Gasteiger partial charge in [-0.25, -0.2) is 4.52 Å². The van der Waals surface area contributed by atoms with Gasteiger partial charge >= 0.3 is 0 Å². The van der Waals surface area contributed by atoms with Crippen molar-refractivity contribution in [3.05, 3.63) is 23.9 Å². The van der Waals surface area contributed by atoms with Gasteiger partial charge in [-0.05, 0) is 57.0 Å². The molecular formula is C14H21N5. The Morgan fingerprint density at radius 3 is 3.21 bits per heavy atom. The van der Waals surface area contributed by atoms with Crippen LogP contribution in [-0.4, -0.2) is 41.3 Å². The number of anilines is 1. The van der Waals surface area contributed by atoms with Crippen molar-refractivity contribution in [1.29, 1.82) is 0 Å². The molecule has 0 radical (unpaired) electrons. The minimum atomic E-state index is 0.701. The molecule has 1 unspecified atom stereocenters. The predicted octanol–water partition coefficient (Wildman–Crippen LogP) is 1.47. The Morgan fingerprint density at radius 1 is 1.47 bits per heavy atom. The van der Waals surface area contributed by atoms with Crippen LogP contribution < -0.4 is 10.2 Å². The van der Waals surface area contributed by atoms with E-state index in [9.17, 15) is 0 Å². The van der Waals surface area contributed by atoms with Crippen LogP contribution in [0.2, 0.25) is 0 Å². The largest absolute Gasteiger partial charge is 0.339 e. The van der Waals surface area contributed by atoms with Crippen molar-refractivity contribution in [2.75, 3.05) is 31.6 Å². The zero-order valence-electron chi connectivity index (χ0n) is 11.6. The Labute approximate surface area is 113 Å². The van der Waals surface area contributed by atoms with Crippen molar-refractivity contribution < 1.29 is 0 Å². The van der Waals surface area contributed by atoms with Crippen LogP contribution in [0.3, 0.4) is 0 Å². The topological polar surface area (TPSA) is 45.5 Å². The second-order valence-electron chi connectivity index (χ2n) is 5.43. The highest BCUT2D eigenvalue weighted by atomic mass is 15.4. The van der Waals surface area contributed by atoms with Crippen molar-refractivity contribution in [1.82, 2.24) is 19.9 Å². The minimum absolute atomic E-state index is 0.701. The van der Waals surface area contributed by atoms with Crippen molar-refractivity contribution in [3.8, 4) is 0 Å². The monoisotopic (exact) mass is 259 g/mol. The van der Waals surface area contributed by atoms with E-state index in [1.807, 2.05) is 17.8 Å². The molecule has 0 aliphatic carbocycles. The predicted molar refractivity (Wildman–Crippen MR) is 76.6 cm³/mol. The first kappa shape index (κ1) is 12.4.